The van der Waals surface area contributed by atoms with E-state index in [0.29, 0.717) is 31.0 Å². The first-order chi connectivity index (χ1) is 14.6. The van der Waals surface area contributed by atoms with Crippen LogP contribution >= 0.6 is 11.8 Å². The third-order valence-corrected chi connectivity index (χ3v) is 5.28. The fourth-order valence-electron chi connectivity index (χ4n) is 2.74. The smallest absolute Gasteiger partial charge is 0.271 e. The van der Waals surface area contributed by atoms with Crippen molar-refractivity contribution in [1.29, 1.82) is 0 Å². The molecule has 3 rings (SSSR count). The quantitative estimate of drug-likeness (QED) is 0.529. The second kappa shape index (κ2) is 10.8. The van der Waals surface area contributed by atoms with E-state index in [1.807, 2.05) is 38.1 Å². The van der Waals surface area contributed by atoms with Crippen LogP contribution in [0.1, 0.15) is 29.3 Å². The molecule has 156 valence electrons. The molecule has 0 bridgehead atoms. The summed E-state index contributed by atoms with van der Waals surface area (Å²) < 4.78 is 6.60. The standard InChI is InChI=1S/C23H25N3O3S/c1-3-29-16-4-15-24-23(28)18-7-9-19(10-8-18)26-22(27)14-13-21(25-26)30-20-11-5-17(2)6-12-20/h5-14H,3-4,15-16H2,1-2H3,(H,24,28). The molecule has 7 heteroatoms. The van der Waals surface area contributed by atoms with Crippen molar-refractivity contribution in [3.05, 3.63) is 82.1 Å². The zero-order valence-electron chi connectivity index (χ0n) is 17.1. The summed E-state index contributed by atoms with van der Waals surface area (Å²) in [5.74, 6) is -0.151. The van der Waals surface area contributed by atoms with Gasteiger partial charge in [-0.1, -0.05) is 29.5 Å². The molecule has 2 aromatic carbocycles. The van der Waals surface area contributed by atoms with Crippen LogP contribution in [0, 0.1) is 6.92 Å². The molecule has 0 saturated heterocycles. The van der Waals surface area contributed by atoms with Gasteiger partial charge in [-0.25, -0.2) is 0 Å². The summed E-state index contributed by atoms with van der Waals surface area (Å²) in [4.78, 5) is 25.6. The van der Waals surface area contributed by atoms with Gasteiger partial charge in [0, 0.05) is 36.3 Å². The molecule has 0 radical (unpaired) electrons. The summed E-state index contributed by atoms with van der Waals surface area (Å²) in [5, 5.41) is 8.05. The molecule has 1 amide bonds. The van der Waals surface area contributed by atoms with Crippen molar-refractivity contribution in [3.63, 3.8) is 0 Å². The Balaban J connectivity index is 1.68. The van der Waals surface area contributed by atoms with E-state index in [9.17, 15) is 9.59 Å². The van der Waals surface area contributed by atoms with Gasteiger partial charge in [0.1, 0.15) is 5.03 Å². The van der Waals surface area contributed by atoms with E-state index in [4.69, 9.17) is 4.74 Å². The Bertz CT molecular complexity index is 1030. The number of aromatic nitrogens is 2. The molecule has 0 saturated carbocycles. The Morgan fingerprint density at radius 1 is 1.07 bits per heavy atom. The van der Waals surface area contributed by atoms with E-state index in [-0.39, 0.29) is 11.5 Å². The number of hydrogen-bond acceptors (Lipinski definition) is 5. The molecule has 3 aromatic rings. The van der Waals surface area contributed by atoms with Gasteiger partial charge in [-0.15, -0.1) is 0 Å². The summed E-state index contributed by atoms with van der Waals surface area (Å²) in [5.41, 5.74) is 2.11. The molecule has 0 aliphatic heterocycles. The summed E-state index contributed by atoms with van der Waals surface area (Å²) in [6.45, 7) is 5.84. The number of nitrogens with zero attached hydrogens (tertiary/aromatic N) is 2. The van der Waals surface area contributed by atoms with Gasteiger partial charge in [-0.3, -0.25) is 9.59 Å². The van der Waals surface area contributed by atoms with Gasteiger partial charge in [0.15, 0.2) is 0 Å². The van der Waals surface area contributed by atoms with Crippen molar-refractivity contribution >= 4 is 17.7 Å². The van der Waals surface area contributed by atoms with Crippen molar-refractivity contribution in [1.82, 2.24) is 15.1 Å². The summed E-state index contributed by atoms with van der Waals surface area (Å²) >= 11 is 1.49. The Morgan fingerprint density at radius 3 is 2.50 bits per heavy atom. The molecule has 0 unspecified atom stereocenters. The Hall–Kier alpha value is -2.90. The third-order valence-electron chi connectivity index (χ3n) is 4.35. The predicted molar refractivity (Wildman–Crippen MR) is 119 cm³/mol. The summed E-state index contributed by atoms with van der Waals surface area (Å²) in [7, 11) is 0. The van der Waals surface area contributed by atoms with Crippen LogP contribution in [-0.4, -0.2) is 35.4 Å². The molecule has 0 fully saturated rings. The van der Waals surface area contributed by atoms with Crippen LogP contribution in [0.2, 0.25) is 0 Å². The van der Waals surface area contributed by atoms with Gasteiger partial charge < -0.3 is 10.1 Å². The average Bonchev–Trinajstić information content (AvgIpc) is 2.76. The number of rotatable bonds is 9. The SMILES string of the molecule is CCOCCCNC(=O)c1ccc(-n2nc(Sc3ccc(C)cc3)ccc2=O)cc1. The van der Waals surface area contributed by atoms with Gasteiger partial charge in [0.05, 0.1) is 5.69 Å². The lowest BCUT2D eigenvalue weighted by Crippen LogP contribution is -2.25. The minimum Gasteiger partial charge on any atom is -0.382 e. The molecular formula is C23H25N3O3S. The Kier molecular flexibility index (Phi) is 7.82. The Morgan fingerprint density at radius 2 is 1.80 bits per heavy atom. The molecule has 0 aliphatic carbocycles. The molecule has 1 heterocycles. The van der Waals surface area contributed by atoms with Crippen molar-refractivity contribution in [2.75, 3.05) is 19.8 Å². The van der Waals surface area contributed by atoms with Crippen LogP contribution in [0.25, 0.3) is 5.69 Å². The topological polar surface area (TPSA) is 73.2 Å². The van der Waals surface area contributed by atoms with E-state index < -0.39 is 0 Å². The maximum absolute atomic E-state index is 12.3. The molecule has 30 heavy (non-hydrogen) atoms. The molecule has 0 spiro atoms. The van der Waals surface area contributed by atoms with E-state index in [2.05, 4.69) is 10.4 Å². The first-order valence-corrected chi connectivity index (χ1v) is 10.7. The maximum atomic E-state index is 12.3. The molecular weight excluding hydrogens is 398 g/mol. The monoisotopic (exact) mass is 423 g/mol. The van der Waals surface area contributed by atoms with Crippen LogP contribution in [0.4, 0.5) is 0 Å². The second-order valence-electron chi connectivity index (χ2n) is 6.69. The number of carbonyl (C=O) groups is 1. The molecule has 1 aromatic heterocycles. The molecule has 0 aliphatic rings. The minimum absolute atomic E-state index is 0.151. The number of aryl methyl sites for hydroxylation is 1. The van der Waals surface area contributed by atoms with Crippen LogP contribution in [-0.2, 0) is 4.74 Å². The highest BCUT2D eigenvalue weighted by molar-refractivity contribution is 7.99. The van der Waals surface area contributed by atoms with Crippen LogP contribution < -0.4 is 10.9 Å². The fraction of sp³-hybridized carbons (Fsp3) is 0.261. The zero-order chi connectivity index (χ0) is 21.3. The highest BCUT2D eigenvalue weighted by atomic mass is 32.2. The minimum atomic E-state index is -0.226. The number of benzene rings is 2. The van der Waals surface area contributed by atoms with E-state index in [1.54, 1.807) is 30.3 Å². The number of amides is 1. The molecule has 1 N–H and O–H groups in total. The summed E-state index contributed by atoms with van der Waals surface area (Å²) in [6.07, 6.45) is 0.766. The van der Waals surface area contributed by atoms with E-state index >= 15 is 0 Å². The maximum Gasteiger partial charge on any atom is 0.271 e. The number of carbonyl (C=O) groups excluding carboxylic acids is 1. The van der Waals surface area contributed by atoms with E-state index in [1.165, 1.54) is 28.1 Å². The van der Waals surface area contributed by atoms with Crippen LogP contribution in [0.5, 0.6) is 0 Å². The first kappa shape index (κ1) is 21.8. The number of hydrogen-bond donors (Lipinski definition) is 1. The lowest BCUT2D eigenvalue weighted by Gasteiger charge is -2.09. The van der Waals surface area contributed by atoms with Crippen molar-refractivity contribution in [3.8, 4) is 5.69 Å². The van der Waals surface area contributed by atoms with Gasteiger partial charge in [0.2, 0.25) is 0 Å². The zero-order valence-corrected chi connectivity index (χ0v) is 17.9. The largest absolute Gasteiger partial charge is 0.382 e. The summed E-state index contributed by atoms with van der Waals surface area (Å²) in [6, 6.07) is 18.2. The number of ether oxygens (including phenoxy) is 1. The van der Waals surface area contributed by atoms with Gasteiger partial charge in [-0.2, -0.15) is 9.78 Å². The van der Waals surface area contributed by atoms with Crippen LogP contribution in [0.3, 0.4) is 0 Å². The first-order valence-electron chi connectivity index (χ1n) is 9.88. The number of nitrogens with one attached hydrogen (secondary N) is 1. The lowest BCUT2D eigenvalue weighted by molar-refractivity contribution is 0.0944. The predicted octanol–water partition coefficient (Wildman–Crippen LogP) is 3.85. The van der Waals surface area contributed by atoms with Crippen molar-refractivity contribution in [2.45, 2.75) is 30.2 Å². The normalized spacial score (nSPS) is 10.7. The Labute approximate surface area is 180 Å². The molecule has 6 nitrogen and oxygen atoms in total. The van der Waals surface area contributed by atoms with Gasteiger partial charge in [-0.05, 0) is 62.7 Å². The fourth-order valence-corrected chi connectivity index (χ4v) is 3.51. The van der Waals surface area contributed by atoms with Gasteiger partial charge in [0.25, 0.3) is 11.5 Å². The van der Waals surface area contributed by atoms with Crippen molar-refractivity contribution < 1.29 is 9.53 Å². The third kappa shape index (κ3) is 6.05. The average molecular weight is 424 g/mol. The molecule has 0 atom stereocenters. The highest BCUT2D eigenvalue weighted by Gasteiger charge is 2.08. The lowest BCUT2D eigenvalue weighted by atomic mass is 10.2. The van der Waals surface area contributed by atoms with Gasteiger partial charge >= 0.3 is 0 Å². The second-order valence-corrected chi connectivity index (χ2v) is 7.78. The van der Waals surface area contributed by atoms with E-state index in [0.717, 1.165) is 16.3 Å². The van der Waals surface area contributed by atoms with Crippen LogP contribution in [0.15, 0.2) is 75.4 Å². The highest BCUT2D eigenvalue weighted by Crippen LogP contribution is 2.25. The van der Waals surface area contributed by atoms with Crippen molar-refractivity contribution in [2.24, 2.45) is 0 Å².